The van der Waals surface area contributed by atoms with Gasteiger partial charge in [0.1, 0.15) is 5.76 Å². The monoisotopic (exact) mass is 347 g/mol. The number of hydrogen-bond acceptors (Lipinski definition) is 6. The van der Waals surface area contributed by atoms with E-state index in [1.54, 1.807) is 12.5 Å². The van der Waals surface area contributed by atoms with Crippen LogP contribution in [0.5, 0.6) is 0 Å². The molecule has 128 valence electrons. The van der Waals surface area contributed by atoms with Crippen molar-refractivity contribution in [2.75, 3.05) is 5.75 Å². The van der Waals surface area contributed by atoms with Crippen molar-refractivity contribution in [3.8, 4) is 11.6 Å². The van der Waals surface area contributed by atoms with Crippen molar-refractivity contribution >= 4 is 11.8 Å². The Labute approximate surface area is 144 Å². The van der Waals surface area contributed by atoms with Crippen LogP contribution in [-0.4, -0.2) is 31.2 Å². The molecule has 0 fully saturated rings. The van der Waals surface area contributed by atoms with Crippen molar-refractivity contribution in [2.24, 2.45) is 0 Å². The van der Waals surface area contributed by atoms with E-state index >= 15 is 0 Å². The SMILES string of the molecule is CCC(O)(CC)CSc1nnc(-c2ccco2)n1Cc1ccco1. The number of furan rings is 2. The van der Waals surface area contributed by atoms with E-state index < -0.39 is 5.60 Å². The molecule has 6 nitrogen and oxygen atoms in total. The van der Waals surface area contributed by atoms with Crippen molar-refractivity contribution in [1.82, 2.24) is 14.8 Å². The lowest BCUT2D eigenvalue weighted by Gasteiger charge is -2.24. The van der Waals surface area contributed by atoms with E-state index in [0.717, 1.165) is 10.9 Å². The van der Waals surface area contributed by atoms with Gasteiger partial charge in [0.2, 0.25) is 5.82 Å². The van der Waals surface area contributed by atoms with Gasteiger partial charge in [-0.1, -0.05) is 25.6 Å². The van der Waals surface area contributed by atoms with Crippen LogP contribution in [0.4, 0.5) is 0 Å². The number of thioether (sulfide) groups is 1. The normalized spacial score (nSPS) is 12.0. The van der Waals surface area contributed by atoms with Gasteiger partial charge in [-0.15, -0.1) is 10.2 Å². The number of rotatable bonds is 8. The fourth-order valence-corrected chi connectivity index (χ4v) is 3.55. The lowest BCUT2D eigenvalue weighted by atomic mass is 10.0. The van der Waals surface area contributed by atoms with Gasteiger partial charge in [0.25, 0.3) is 0 Å². The zero-order valence-electron chi connectivity index (χ0n) is 13.8. The number of nitrogens with zero attached hydrogens (tertiary/aromatic N) is 3. The molecule has 1 N–H and O–H groups in total. The van der Waals surface area contributed by atoms with E-state index in [1.807, 2.05) is 42.7 Å². The van der Waals surface area contributed by atoms with Crippen LogP contribution in [-0.2, 0) is 6.54 Å². The van der Waals surface area contributed by atoms with Crippen LogP contribution in [0.1, 0.15) is 32.4 Å². The highest BCUT2D eigenvalue weighted by Crippen LogP contribution is 2.29. The molecule has 0 unspecified atom stereocenters. The minimum atomic E-state index is -0.697. The van der Waals surface area contributed by atoms with Gasteiger partial charge >= 0.3 is 0 Å². The summed E-state index contributed by atoms with van der Waals surface area (Å²) in [6.07, 6.45) is 4.66. The summed E-state index contributed by atoms with van der Waals surface area (Å²) in [7, 11) is 0. The summed E-state index contributed by atoms with van der Waals surface area (Å²) in [5, 5.41) is 19.8. The van der Waals surface area contributed by atoms with Crippen molar-refractivity contribution in [2.45, 2.75) is 44.0 Å². The Morgan fingerprint density at radius 1 is 1.12 bits per heavy atom. The van der Waals surface area contributed by atoms with Gasteiger partial charge in [-0.3, -0.25) is 4.57 Å². The summed E-state index contributed by atoms with van der Waals surface area (Å²) >= 11 is 1.50. The molecule has 0 aliphatic heterocycles. The summed E-state index contributed by atoms with van der Waals surface area (Å²) in [5.74, 6) is 2.68. The Hall–Kier alpha value is -1.99. The van der Waals surface area contributed by atoms with Gasteiger partial charge < -0.3 is 13.9 Å². The van der Waals surface area contributed by atoms with Crippen LogP contribution < -0.4 is 0 Å². The topological polar surface area (TPSA) is 77.2 Å². The maximum Gasteiger partial charge on any atom is 0.200 e. The van der Waals surface area contributed by atoms with Gasteiger partial charge in [-0.05, 0) is 37.1 Å². The van der Waals surface area contributed by atoms with E-state index in [9.17, 15) is 5.11 Å². The molecule has 0 radical (unpaired) electrons. The molecule has 3 rings (SSSR count). The highest BCUT2D eigenvalue weighted by Gasteiger charge is 2.25. The van der Waals surface area contributed by atoms with E-state index in [0.29, 0.717) is 36.7 Å². The van der Waals surface area contributed by atoms with Gasteiger partial charge in [0.05, 0.1) is 24.7 Å². The molecule has 7 heteroatoms. The van der Waals surface area contributed by atoms with Crippen LogP contribution in [0.15, 0.2) is 50.8 Å². The fourth-order valence-electron chi connectivity index (χ4n) is 2.34. The number of aliphatic hydroxyl groups is 1. The molecule has 3 aromatic heterocycles. The molecule has 0 aliphatic carbocycles. The second-order valence-corrected chi connectivity index (χ2v) is 6.61. The molecule has 0 spiro atoms. The summed E-state index contributed by atoms with van der Waals surface area (Å²) in [5.41, 5.74) is -0.697. The Morgan fingerprint density at radius 2 is 1.88 bits per heavy atom. The second kappa shape index (κ2) is 7.27. The predicted molar refractivity (Wildman–Crippen MR) is 91.8 cm³/mol. The van der Waals surface area contributed by atoms with Crippen LogP contribution in [0, 0.1) is 0 Å². The lowest BCUT2D eigenvalue weighted by molar-refractivity contribution is 0.0571. The van der Waals surface area contributed by atoms with Crippen LogP contribution in [0.25, 0.3) is 11.6 Å². The fraction of sp³-hybridized carbons (Fsp3) is 0.412. The van der Waals surface area contributed by atoms with Crippen molar-refractivity contribution in [3.63, 3.8) is 0 Å². The second-order valence-electron chi connectivity index (χ2n) is 5.67. The third kappa shape index (κ3) is 3.57. The molecule has 0 aromatic carbocycles. The minimum absolute atomic E-state index is 0.509. The van der Waals surface area contributed by atoms with Crippen molar-refractivity contribution < 1.29 is 13.9 Å². The summed E-state index contributed by atoms with van der Waals surface area (Å²) in [4.78, 5) is 0. The van der Waals surface area contributed by atoms with Crippen molar-refractivity contribution in [1.29, 1.82) is 0 Å². The maximum atomic E-state index is 10.5. The molecule has 3 aromatic rings. The van der Waals surface area contributed by atoms with Crippen LogP contribution >= 0.6 is 11.8 Å². The highest BCUT2D eigenvalue weighted by molar-refractivity contribution is 7.99. The average molecular weight is 347 g/mol. The number of hydrogen-bond donors (Lipinski definition) is 1. The minimum Gasteiger partial charge on any atom is -0.467 e. The van der Waals surface area contributed by atoms with Gasteiger partial charge in [-0.2, -0.15) is 0 Å². The quantitative estimate of drug-likeness (QED) is 0.624. The Morgan fingerprint density at radius 3 is 2.50 bits per heavy atom. The smallest absolute Gasteiger partial charge is 0.200 e. The third-order valence-corrected chi connectivity index (χ3v) is 5.38. The first-order valence-electron chi connectivity index (χ1n) is 8.00. The van der Waals surface area contributed by atoms with Crippen molar-refractivity contribution in [3.05, 3.63) is 42.6 Å². The van der Waals surface area contributed by atoms with E-state index in [4.69, 9.17) is 8.83 Å². The van der Waals surface area contributed by atoms with E-state index in [1.165, 1.54) is 11.8 Å². The Bertz CT molecular complexity index is 746. The highest BCUT2D eigenvalue weighted by atomic mass is 32.2. The molecule has 0 atom stereocenters. The largest absolute Gasteiger partial charge is 0.467 e. The summed E-state index contributed by atoms with van der Waals surface area (Å²) < 4.78 is 12.9. The van der Waals surface area contributed by atoms with Crippen LogP contribution in [0.3, 0.4) is 0 Å². The first-order chi connectivity index (χ1) is 11.6. The predicted octanol–water partition coefficient (Wildman–Crippen LogP) is 3.82. The van der Waals surface area contributed by atoms with Gasteiger partial charge in [-0.25, -0.2) is 0 Å². The number of aromatic nitrogens is 3. The average Bonchev–Trinajstić information content (AvgIpc) is 3.35. The van der Waals surface area contributed by atoms with E-state index in [2.05, 4.69) is 10.2 Å². The standard InChI is InChI=1S/C17H21N3O3S/c1-3-17(21,4-2)12-24-16-19-18-15(14-8-6-10-23-14)20(16)11-13-7-5-9-22-13/h5-10,21H,3-4,11-12H2,1-2H3. The molecule has 0 saturated carbocycles. The maximum absolute atomic E-state index is 10.5. The lowest BCUT2D eigenvalue weighted by Crippen LogP contribution is -2.29. The Balaban J connectivity index is 1.88. The Kier molecular flexibility index (Phi) is 5.11. The molecule has 0 aliphatic rings. The van der Waals surface area contributed by atoms with Gasteiger partial charge in [0.15, 0.2) is 10.9 Å². The summed E-state index contributed by atoms with van der Waals surface area (Å²) in [6.45, 7) is 4.49. The zero-order chi connectivity index (χ0) is 17.0. The first kappa shape index (κ1) is 16.9. The molecular formula is C17H21N3O3S. The molecule has 24 heavy (non-hydrogen) atoms. The first-order valence-corrected chi connectivity index (χ1v) is 8.98. The molecule has 0 amide bonds. The zero-order valence-corrected chi connectivity index (χ0v) is 14.6. The molecule has 3 heterocycles. The van der Waals surface area contributed by atoms with Crippen LogP contribution in [0.2, 0.25) is 0 Å². The third-order valence-electron chi connectivity index (χ3n) is 4.14. The summed E-state index contributed by atoms with van der Waals surface area (Å²) in [6, 6.07) is 7.44. The van der Waals surface area contributed by atoms with Gasteiger partial charge in [0, 0.05) is 5.75 Å². The molecule has 0 bridgehead atoms. The molecular weight excluding hydrogens is 326 g/mol. The van der Waals surface area contributed by atoms with E-state index in [-0.39, 0.29) is 0 Å². The molecule has 0 saturated heterocycles.